The van der Waals surface area contributed by atoms with Crippen molar-refractivity contribution in [3.63, 3.8) is 0 Å². The number of carbonyl (C=O) groups is 1. The number of aromatic nitrogens is 6. The molecule has 0 saturated carbocycles. The van der Waals surface area contributed by atoms with Gasteiger partial charge in [0.05, 0.1) is 50.9 Å². The third-order valence-corrected chi connectivity index (χ3v) is 6.62. The number of rotatable bonds is 10. The molecule has 6 rings (SSSR count). The van der Waals surface area contributed by atoms with Crippen LogP contribution >= 0.6 is 0 Å². The van der Waals surface area contributed by atoms with Crippen LogP contribution in [0.3, 0.4) is 0 Å². The van der Waals surface area contributed by atoms with Crippen LogP contribution in [0.5, 0.6) is 29.1 Å². The number of fused-ring (bicyclic) bond motifs is 1. The monoisotopic (exact) mass is 602 g/mol. The summed E-state index contributed by atoms with van der Waals surface area (Å²) in [5, 5.41) is 7.84. The molecule has 0 atom stereocenters. The Morgan fingerprint density at radius 2 is 1.82 bits per heavy atom. The topological polar surface area (TPSA) is 139 Å². The molecule has 15 heteroatoms. The molecule has 1 aliphatic rings. The summed E-state index contributed by atoms with van der Waals surface area (Å²) < 4.78 is 52.1. The van der Waals surface area contributed by atoms with Gasteiger partial charge in [-0.15, -0.1) is 5.10 Å². The van der Waals surface area contributed by atoms with Crippen LogP contribution in [0, 0.1) is 5.82 Å². The first-order valence-corrected chi connectivity index (χ1v) is 13.1. The van der Waals surface area contributed by atoms with E-state index in [9.17, 15) is 9.18 Å². The maximum atomic E-state index is 15.2. The van der Waals surface area contributed by atoms with Crippen LogP contribution in [0.15, 0.2) is 73.7 Å². The predicted octanol–water partition coefficient (Wildman–Crippen LogP) is 4.37. The number of hydrogen-bond acceptors (Lipinski definition) is 11. The maximum Gasteiger partial charge on any atom is 0.316 e. The molecule has 1 fully saturated rings. The minimum absolute atomic E-state index is 0.135. The Morgan fingerprint density at radius 3 is 2.52 bits per heavy atom. The molecule has 0 unspecified atom stereocenters. The van der Waals surface area contributed by atoms with E-state index in [2.05, 4.69) is 36.9 Å². The molecule has 0 spiro atoms. The fourth-order valence-electron chi connectivity index (χ4n) is 4.39. The van der Waals surface area contributed by atoms with Gasteiger partial charge in [0.2, 0.25) is 5.88 Å². The first-order chi connectivity index (χ1) is 21.3. The van der Waals surface area contributed by atoms with Crippen molar-refractivity contribution in [3.8, 4) is 34.8 Å². The van der Waals surface area contributed by atoms with E-state index in [1.807, 2.05) is 0 Å². The molecule has 0 radical (unpaired) electrons. The summed E-state index contributed by atoms with van der Waals surface area (Å²) in [7, 11) is 2.95. The van der Waals surface area contributed by atoms with E-state index in [1.54, 1.807) is 42.9 Å². The van der Waals surface area contributed by atoms with Crippen molar-refractivity contribution >= 4 is 28.3 Å². The highest BCUT2D eigenvalue weighted by atomic mass is 19.1. The number of hydrogen-bond donors (Lipinski definition) is 1. The summed E-state index contributed by atoms with van der Waals surface area (Å²) in [6.07, 6.45) is 5.69. The molecule has 0 aliphatic carbocycles. The number of ether oxygens (including phenoxy) is 4. The number of anilines is 2. The van der Waals surface area contributed by atoms with Crippen molar-refractivity contribution in [1.82, 2.24) is 34.6 Å². The van der Waals surface area contributed by atoms with E-state index in [0.717, 1.165) is 0 Å². The molecule has 2 aromatic carbocycles. The fourth-order valence-corrected chi connectivity index (χ4v) is 4.39. The van der Waals surface area contributed by atoms with E-state index in [1.165, 1.54) is 42.3 Å². The number of benzene rings is 2. The Labute approximate surface area is 248 Å². The molecule has 4 heterocycles. The third-order valence-electron chi connectivity index (χ3n) is 6.62. The highest BCUT2D eigenvalue weighted by molar-refractivity contribution is 5.93. The normalized spacial score (nSPS) is 12.9. The van der Waals surface area contributed by atoms with Crippen molar-refractivity contribution in [2.75, 3.05) is 32.6 Å². The first-order valence-electron chi connectivity index (χ1n) is 13.1. The van der Waals surface area contributed by atoms with Gasteiger partial charge in [-0.3, -0.25) is 4.79 Å². The Hall–Kier alpha value is -5.86. The Kier molecular flexibility index (Phi) is 7.58. The van der Waals surface area contributed by atoms with Crippen molar-refractivity contribution in [2.45, 2.75) is 6.10 Å². The summed E-state index contributed by atoms with van der Waals surface area (Å²) in [6, 6.07) is 9.47. The smallest absolute Gasteiger partial charge is 0.316 e. The molecular weight excluding hydrogens is 578 g/mol. The molecule has 5 aromatic rings. The lowest BCUT2D eigenvalue weighted by atomic mass is 10.1. The quantitative estimate of drug-likeness (QED) is 0.228. The summed E-state index contributed by atoms with van der Waals surface area (Å²) in [5.41, 5.74) is 1.24. The average molecular weight is 603 g/mol. The van der Waals surface area contributed by atoms with E-state index >= 15 is 4.39 Å². The standard InChI is InChI=1S/C29H24F2N8O5/c1-16(30)28(40)38-13-19(14-38)43-25-9-20-23(10-24(25)41-2)34-15-35-27(20)36-22-5-4-18(8-21(22)31)44-26-6-7-39(37-26)17-11-32-29(42-3)33-12-17/h4-12,15,19H,1,13-14H2,2-3H3,(H,34,35,36). The molecule has 0 bridgehead atoms. The van der Waals surface area contributed by atoms with Crippen LogP contribution in [-0.2, 0) is 4.79 Å². The van der Waals surface area contributed by atoms with Crippen molar-refractivity contribution in [1.29, 1.82) is 0 Å². The number of methoxy groups -OCH3 is 2. The van der Waals surface area contributed by atoms with E-state index in [4.69, 9.17) is 18.9 Å². The van der Waals surface area contributed by atoms with Gasteiger partial charge in [0, 0.05) is 29.8 Å². The number of nitrogens with one attached hydrogen (secondary N) is 1. The molecule has 1 N–H and O–H groups in total. The minimum atomic E-state index is -1.03. The second-order valence-electron chi connectivity index (χ2n) is 9.49. The zero-order chi connectivity index (χ0) is 30.8. The summed E-state index contributed by atoms with van der Waals surface area (Å²) in [6.45, 7) is 3.41. The van der Waals surface area contributed by atoms with Crippen LogP contribution < -0.4 is 24.3 Å². The van der Waals surface area contributed by atoms with Crippen LogP contribution in [0.1, 0.15) is 0 Å². The maximum absolute atomic E-state index is 15.2. The molecule has 44 heavy (non-hydrogen) atoms. The van der Waals surface area contributed by atoms with Gasteiger partial charge in [-0.05, 0) is 18.2 Å². The highest BCUT2D eigenvalue weighted by Crippen LogP contribution is 2.37. The predicted molar refractivity (Wildman–Crippen MR) is 153 cm³/mol. The lowest BCUT2D eigenvalue weighted by Crippen LogP contribution is -2.56. The van der Waals surface area contributed by atoms with Gasteiger partial charge >= 0.3 is 6.01 Å². The Balaban J connectivity index is 1.17. The van der Waals surface area contributed by atoms with E-state index in [0.29, 0.717) is 33.9 Å². The van der Waals surface area contributed by atoms with E-state index in [-0.39, 0.29) is 42.5 Å². The Morgan fingerprint density at radius 1 is 1.02 bits per heavy atom. The Bertz CT molecular complexity index is 1860. The van der Waals surface area contributed by atoms with Crippen LogP contribution in [0.2, 0.25) is 0 Å². The lowest BCUT2D eigenvalue weighted by molar-refractivity contribution is -0.137. The van der Waals surface area contributed by atoms with Gasteiger partial charge < -0.3 is 29.2 Å². The molecule has 13 nitrogen and oxygen atoms in total. The zero-order valence-corrected chi connectivity index (χ0v) is 23.4. The molecule has 1 saturated heterocycles. The third kappa shape index (κ3) is 5.74. The van der Waals surface area contributed by atoms with Crippen molar-refractivity contribution in [3.05, 3.63) is 79.5 Å². The average Bonchev–Trinajstić information content (AvgIpc) is 3.48. The summed E-state index contributed by atoms with van der Waals surface area (Å²) in [5.74, 6) is -0.866. The fraction of sp³-hybridized carbons (Fsp3) is 0.172. The minimum Gasteiger partial charge on any atom is -0.493 e. The van der Waals surface area contributed by atoms with Gasteiger partial charge in [-0.25, -0.2) is 33.4 Å². The van der Waals surface area contributed by atoms with Crippen LogP contribution in [0.4, 0.5) is 20.3 Å². The largest absolute Gasteiger partial charge is 0.493 e. The van der Waals surface area contributed by atoms with Crippen LogP contribution in [-0.4, -0.2) is 73.9 Å². The van der Waals surface area contributed by atoms with Crippen molar-refractivity contribution < 1.29 is 32.5 Å². The van der Waals surface area contributed by atoms with Crippen LogP contribution in [0.25, 0.3) is 16.6 Å². The van der Waals surface area contributed by atoms with Gasteiger partial charge in [0.25, 0.3) is 5.91 Å². The molecule has 1 amide bonds. The highest BCUT2D eigenvalue weighted by Gasteiger charge is 2.34. The number of carbonyl (C=O) groups excluding carboxylic acids is 1. The van der Waals surface area contributed by atoms with Crippen molar-refractivity contribution in [2.24, 2.45) is 0 Å². The number of likely N-dealkylation sites (tertiary alicyclic amines) is 1. The lowest BCUT2D eigenvalue weighted by Gasteiger charge is -2.38. The van der Waals surface area contributed by atoms with Gasteiger partial charge in [0.1, 0.15) is 35.5 Å². The molecule has 3 aromatic heterocycles. The number of nitrogens with zero attached hydrogens (tertiary/aromatic N) is 7. The summed E-state index contributed by atoms with van der Waals surface area (Å²) >= 11 is 0. The summed E-state index contributed by atoms with van der Waals surface area (Å²) in [4.78, 5) is 29.7. The van der Waals surface area contributed by atoms with Gasteiger partial charge in [0.15, 0.2) is 17.3 Å². The molecule has 1 aliphatic heterocycles. The first kappa shape index (κ1) is 28.3. The second kappa shape index (κ2) is 11.8. The van der Waals surface area contributed by atoms with Gasteiger partial charge in [-0.1, -0.05) is 6.58 Å². The second-order valence-corrected chi connectivity index (χ2v) is 9.49. The molecule has 224 valence electrons. The van der Waals surface area contributed by atoms with Gasteiger partial charge in [-0.2, -0.15) is 0 Å². The molecular formula is C29H24F2N8O5. The zero-order valence-electron chi connectivity index (χ0n) is 23.4. The van der Waals surface area contributed by atoms with E-state index < -0.39 is 17.6 Å². The number of amides is 1. The number of halogens is 2. The SMILES string of the molecule is C=C(F)C(=O)N1CC(Oc2cc3c(Nc4ccc(Oc5ccn(-c6cnc(OC)nc6)n5)cc4F)ncnc3cc2OC)C1.